The number of amides is 2. The van der Waals surface area contributed by atoms with Crippen LogP contribution in [0.5, 0.6) is 0 Å². The summed E-state index contributed by atoms with van der Waals surface area (Å²) >= 11 is 12.5. The lowest BCUT2D eigenvalue weighted by Crippen LogP contribution is -2.39. The Morgan fingerprint density at radius 3 is 2.23 bits per heavy atom. The molecule has 0 radical (unpaired) electrons. The van der Waals surface area contributed by atoms with E-state index in [-0.39, 0.29) is 41.7 Å². The van der Waals surface area contributed by atoms with Crippen LogP contribution in [0.4, 0.5) is 5.69 Å². The molecule has 1 saturated heterocycles. The molecule has 204 valence electrons. The summed E-state index contributed by atoms with van der Waals surface area (Å²) < 4.78 is 14.7. The maximum atomic E-state index is 13.1. The SMILES string of the molecule is CC1C(Cn2cnc(Cl)c2Cl)OC(c2cccc(N3C(=O)c4ccccc4C3=O)c2)OC1c1ccc(CO)cc1. The second kappa shape index (κ2) is 10.8. The number of fused-ring (bicyclic) bond motifs is 1. The Balaban J connectivity index is 1.34. The summed E-state index contributed by atoms with van der Waals surface area (Å²) in [6.45, 7) is 2.36. The van der Waals surface area contributed by atoms with E-state index in [9.17, 15) is 14.7 Å². The fraction of sp³-hybridized carbons (Fsp3) is 0.233. The number of hydrogen-bond donors (Lipinski definition) is 1. The van der Waals surface area contributed by atoms with E-state index in [0.29, 0.717) is 34.1 Å². The fourth-order valence-corrected chi connectivity index (χ4v) is 5.54. The summed E-state index contributed by atoms with van der Waals surface area (Å²) in [6.07, 6.45) is 0.0416. The number of anilines is 1. The average Bonchev–Trinajstić information content (AvgIpc) is 3.44. The summed E-state index contributed by atoms with van der Waals surface area (Å²) in [5.74, 6) is -0.848. The predicted molar refractivity (Wildman–Crippen MR) is 149 cm³/mol. The van der Waals surface area contributed by atoms with E-state index in [1.165, 1.54) is 4.90 Å². The lowest BCUT2D eigenvalue weighted by Gasteiger charge is -2.41. The number of ether oxygens (including phenoxy) is 2. The van der Waals surface area contributed by atoms with Gasteiger partial charge in [-0.2, -0.15) is 0 Å². The molecular formula is C30H25Cl2N3O5. The molecular weight excluding hydrogens is 553 g/mol. The summed E-state index contributed by atoms with van der Waals surface area (Å²) in [6, 6.07) is 21.4. The number of aliphatic hydroxyl groups is 1. The van der Waals surface area contributed by atoms with Crippen LogP contribution >= 0.6 is 23.2 Å². The van der Waals surface area contributed by atoms with Gasteiger partial charge in [0.25, 0.3) is 11.8 Å². The maximum absolute atomic E-state index is 13.1. The van der Waals surface area contributed by atoms with Gasteiger partial charge in [-0.05, 0) is 35.4 Å². The van der Waals surface area contributed by atoms with Crippen LogP contribution in [-0.4, -0.2) is 32.6 Å². The lowest BCUT2D eigenvalue weighted by molar-refractivity contribution is -0.276. The molecule has 2 amide bonds. The zero-order valence-corrected chi connectivity index (χ0v) is 22.9. The van der Waals surface area contributed by atoms with Crippen molar-refractivity contribution in [2.24, 2.45) is 5.92 Å². The maximum Gasteiger partial charge on any atom is 0.266 e. The number of nitrogens with zero attached hydrogens (tertiary/aromatic N) is 3. The molecule has 4 unspecified atom stereocenters. The van der Waals surface area contributed by atoms with Gasteiger partial charge in [0.2, 0.25) is 0 Å². The quantitative estimate of drug-likeness (QED) is 0.283. The van der Waals surface area contributed by atoms with E-state index in [4.69, 9.17) is 32.7 Å². The van der Waals surface area contributed by atoms with Crippen LogP contribution in [0.15, 0.2) is 79.1 Å². The highest BCUT2D eigenvalue weighted by Crippen LogP contribution is 2.43. The molecule has 1 fully saturated rings. The van der Waals surface area contributed by atoms with Crippen molar-refractivity contribution in [3.8, 4) is 0 Å². The minimum atomic E-state index is -0.809. The molecule has 0 spiro atoms. The van der Waals surface area contributed by atoms with Crippen LogP contribution in [0.1, 0.15) is 56.7 Å². The van der Waals surface area contributed by atoms with Crippen molar-refractivity contribution in [2.75, 3.05) is 4.90 Å². The molecule has 8 nitrogen and oxygen atoms in total. The molecule has 40 heavy (non-hydrogen) atoms. The first-order valence-corrected chi connectivity index (χ1v) is 13.6. The summed E-state index contributed by atoms with van der Waals surface area (Å²) in [5.41, 5.74) is 3.55. The van der Waals surface area contributed by atoms with Crippen LogP contribution in [0.3, 0.4) is 0 Å². The Morgan fingerprint density at radius 1 is 0.900 bits per heavy atom. The number of carbonyl (C=O) groups is 2. The fourth-order valence-electron chi connectivity index (χ4n) is 5.23. The minimum absolute atomic E-state index is 0.0554. The van der Waals surface area contributed by atoms with Crippen molar-refractivity contribution in [1.29, 1.82) is 0 Å². The number of aliphatic hydroxyl groups excluding tert-OH is 1. The first-order valence-electron chi connectivity index (χ1n) is 12.8. The van der Waals surface area contributed by atoms with Crippen LogP contribution in [0, 0.1) is 5.92 Å². The smallest absolute Gasteiger partial charge is 0.266 e. The molecule has 4 aromatic rings. The molecule has 0 aliphatic carbocycles. The highest BCUT2D eigenvalue weighted by molar-refractivity contribution is 6.40. The Labute approximate surface area is 240 Å². The number of imidazole rings is 1. The molecule has 2 aliphatic heterocycles. The molecule has 1 N–H and O–H groups in total. The van der Waals surface area contributed by atoms with Gasteiger partial charge in [-0.25, -0.2) is 9.88 Å². The second-order valence-corrected chi connectivity index (χ2v) is 10.6. The van der Waals surface area contributed by atoms with E-state index in [1.807, 2.05) is 37.3 Å². The first-order chi connectivity index (χ1) is 19.4. The number of halogens is 2. The monoisotopic (exact) mass is 577 g/mol. The van der Waals surface area contributed by atoms with Crippen LogP contribution in [-0.2, 0) is 22.6 Å². The van der Waals surface area contributed by atoms with E-state index in [0.717, 1.165) is 11.1 Å². The molecule has 3 aromatic carbocycles. The van der Waals surface area contributed by atoms with Gasteiger partial charge < -0.3 is 19.1 Å². The third-order valence-electron chi connectivity index (χ3n) is 7.43. The van der Waals surface area contributed by atoms with E-state index in [2.05, 4.69) is 4.98 Å². The van der Waals surface area contributed by atoms with Gasteiger partial charge in [0.15, 0.2) is 11.4 Å². The number of hydrogen-bond acceptors (Lipinski definition) is 6. The van der Waals surface area contributed by atoms with Crippen LogP contribution < -0.4 is 4.90 Å². The normalized spacial score (nSPS) is 22.6. The topological polar surface area (TPSA) is 93.9 Å². The van der Waals surface area contributed by atoms with Crippen LogP contribution in [0.25, 0.3) is 0 Å². The third kappa shape index (κ3) is 4.72. The zero-order chi connectivity index (χ0) is 28.0. The van der Waals surface area contributed by atoms with Crippen molar-refractivity contribution in [3.63, 3.8) is 0 Å². The standard InChI is InChI=1S/C30H25Cl2N3O5/c1-17-24(14-34-16-33-26(31)27(34)32)39-30(40-25(17)19-11-9-18(15-36)10-12-19)20-5-4-6-21(13-20)35-28(37)22-7-2-3-8-23(22)29(35)38/h2-13,16-17,24-25,30,36H,14-15H2,1H3. The van der Waals surface area contributed by atoms with Gasteiger partial charge >= 0.3 is 0 Å². The molecule has 1 aromatic heterocycles. The third-order valence-corrected chi connectivity index (χ3v) is 8.20. The van der Waals surface area contributed by atoms with Gasteiger partial charge in [0.05, 0.1) is 48.5 Å². The summed E-state index contributed by atoms with van der Waals surface area (Å²) in [5, 5.41) is 10.0. The number of benzene rings is 3. The number of carbonyl (C=O) groups excluding carboxylic acids is 2. The van der Waals surface area contributed by atoms with Crippen molar-refractivity contribution < 1.29 is 24.2 Å². The molecule has 2 aliphatic rings. The van der Waals surface area contributed by atoms with Gasteiger partial charge in [0.1, 0.15) is 5.15 Å². The van der Waals surface area contributed by atoms with Crippen molar-refractivity contribution >= 4 is 40.7 Å². The second-order valence-electron chi connectivity index (χ2n) is 9.89. The van der Waals surface area contributed by atoms with Gasteiger partial charge in [-0.3, -0.25) is 9.59 Å². The number of rotatable bonds is 6. The Kier molecular flexibility index (Phi) is 7.20. The van der Waals surface area contributed by atoms with Gasteiger partial charge in [-0.1, -0.05) is 78.7 Å². The molecule has 0 bridgehead atoms. The lowest BCUT2D eigenvalue weighted by atomic mass is 9.90. The Morgan fingerprint density at radius 2 is 1.60 bits per heavy atom. The highest BCUT2D eigenvalue weighted by Gasteiger charge is 2.40. The van der Waals surface area contributed by atoms with Crippen molar-refractivity contribution in [2.45, 2.75) is 38.6 Å². The molecule has 0 saturated carbocycles. The molecule has 6 rings (SSSR count). The number of aromatic nitrogens is 2. The highest BCUT2D eigenvalue weighted by atomic mass is 35.5. The van der Waals surface area contributed by atoms with E-state index >= 15 is 0 Å². The average molecular weight is 578 g/mol. The Bertz CT molecular complexity index is 1550. The zero-order valence-electron chi connectivity index (χ0n) is 21.4. The van der Waals surface area contributed by atoms with Gasteiger partial charge in [0, 0.05) is 11.5 Å². The van der Waals surface area contributed by atoms with E-state index in [1.54, 1.807) is 53.4 Å². The van der Waals surface area contributed by atoms with Gasteiger partial charge in [-0.15, -0.1) is 0 Å². The minimum Gasteiger partial charge on any atom is -0.392 e. The summed E-state index contributed by atoms with van der Waals surface area (Å²) in [4.78, 5) is 31.5. The van der Waals surface area contributed by atoms with Crippen LogP contribution in [0.2, 0.25) is 10.3 Å². The predicted octanol–water partition coefficient (Wildman–Crippen LogP) is 5.97. The molecule has 4 atom stereocenters. The van der Waals surface area contributed by atoms with E-state index < -0.39 is 6.29 Å². The van der Waals surface area contributed by atoms with Crippen molar-refractivity contribution in [3.05, 3.63) is 117 Å². The van der Waals surface area contributed by atoms with Crippen molar-refractivity contribution in [1.82, 2.24) is 9.55 Å². The number of imide groups is 1. The molecule has 10 heteroatoms. The first kappa shape index (κ1) is 26.7. The largest absolute Gasteiger partial charge is 0.392 e. The molecule has 3 heterocycles. The Hall–Kier alpha value is -3.53. The summed E-state index contributed by atoms with van der Waals surface area (Å²) in [7, 11) is 0.